The van der Waals surface area contributed by atoms with Gasteiger partial charge in [0.25, 0.3) is 0 Å². The standard InChI is InChI=1S/C13H8Cl2F3NO2/c14-9-5-12(15)19-6-8(9)7-20-10-3-1-2-4-11(10)21-13(16,17)18/h1-6H,7H2. The Labute approximate surface area is 128 Å². The lowest BCUT2D eigenvalue weighted by Crippen LogP contribution is -2.17. The van der Waals surface area contributed by atoms with E-state index < -0.39 is 12.1 Å². The molecule has 3 nitrogen and oxygen atoms in total. The van der Waals surface area contributed by atoms with Gasteiger partial charge in [-0.15, -0.1) is 13.2 Å². The molecule has 0 aliphatic rings. The van der Waals surface area contributed by atoms with Crippen LogP contribution in [-0.4, -0.2) is 11.3 Å². The highest BCUT2D eigenvalue weighted by atomic mass is 35.5. The summed E-state index contributed by atoms with van der Waals surface area (Å²) in [6, 6.07) is 6.87. The first-order valence-corrected chi connectivity index (χ1v) is 6.38. The molecule has 2 rings (SSSR count). The quantitative estimate of drug-likeness (QED) is 0.746. The number of rotatable bonds is 4. The SMILES string of the molecule is FC(F)(F)Oc1ccccc1OCc1cnc(Cl)cc1Cl. The van der Waals surface area contributed by atoms with Crippen molar-refractivity contribution in [2.24, 2.45) is 0 Å². The van der Waals surface area contributed by atoms with Crippen molar-refractivity contribution < 1.29 is 22.6 Å². The summed E-state index contributed by atoms with van der Waals surface area (Å²) in [5.41, 5.74) is 0.489. The van der Waals surface area contributed by atoms with Crippen LogP contribution in [0.3, 0.4) is 0 Å². The molecule has 0 spiro atoms. The highest BCUT2D eigenvalue weighted by molar-refractivity contribution is 6.34. The van der Waals surface area contributed by atoms with Crippen molar-refractivity contribution in [3.63, 3.8) is 0 Å². The number of alkyl halides is 3. The second-order valence-corrected chi connectivity index (χ2v) is 4.68. The summed E-state index contributed by atoms with van der Waals surface area (Å²) >= 11 is 11.6. The first-order chi connectivity index (χ1) is 9.85. The molecule has 1 heterocycles. The third-order valence-corrected chi connectivity index (χ3v) is 2.91. The van der Waals surface area contributed by atoms with Gasteiger partial charge in [-0.1, -0.05) is 35.3 Å². The van der Waals surface area contributed by atoms with Crippen molar-refractivity contribution in [3.8, 4) is 11.5 Å². The molecule has 0 N–H and O–H groups in total. The number of hydrogen-bond donors (Lipinski definition) is 0. The van der Waals surface area contributed by atoms with Crippen LogP contribution in [0, 0.1) is 0 Å². The van der Waals surface area contributed by atoms with Gasteiger partial charge in [-0.25, -0.2) is 4.98 Å². The van der Waals surface area contributed by atoms with Crippen LogP contribution in [-0.2, 0) is 6.61 Å². The van der Waals surface area contributed by atoms with Gasteiger partial charge < -0.3 is 9.47 Å². The number of benzene rings is 1. The van der Waals surface area contributed by atoms with Crippen molar-refractivity contribution in [2.45, 2.75) is 13.0 Å². The summed E-state index contributed by atoms with van der Waals surface area (Å²) in [5.74, 6) is -0.483. The Morgan fingerprint density at radius 2 is 1.76 bits per heavy atom. The first kappa shape index (κ1) is 15.7. The Hall–Kier alpha value is -1.66. The Kier molecular flexibility index (Phi) is 4.80. The third kappa shape index (κ3) is 4.68. The van der Waals surface area contributed by atoms with E-state index in [1.165, 1.54) is 30.5 Å². The molecule has 0 aliphatic heterocycles. The van der Waals surface area contributed by atoms with Gasteiger partial charge in [0.15, 0.2) is 11.5 Å². The number of halogens is 5. The van der Waals surface area contributed by atoms with E-state index in [2.05, 4.69) is 9.72 Å². The number of pyridine rings is 1. The maximum absolute atomic E-state index is 12.3. The monoisotopic (exact) mass is 337 g/mol. The van der Waals surface area contributed by atoms with E-state index in [-0.39, 0.29) is 17.5 Å². The molecule has 2 aromatic rings. The maximum Gasteiger partial charge on any atom is 0.573 e. The van der Waals surface area contributed by atoms with E-state index in [4.69, 9.17) is 27.9 Å². The molecule has 0 saturated carbocycles. The molecule has 0 amide bonds. The molecule has 0 unspecified atom stereocenters. The van der Waals surface area contributed by atoms with Gasteiger partial charge in [0.05, 0.1) is 5.02 Å². The van der Waals surface area contributed by atoms with Gasteiger partial charge in [-0.3, -0.25) is 0 Å². The molecule has 0 radical (unpaired) electrons. The van der Waals surface area contributed by atoms with Gasteiger partial charge >= 0.3 is 6.36 Å². The van der Waals surface area contributed by atoms with Gasteiger partial charge in [0.1, 0.15) is 11.8 Å². The first-order valence-electron chi connectivity index (χ1n) is 5.62. The molecular weight excluding hydrogens is 330 g/mol. The Morgan fingerprint density at radius 1 is 1.10 bits per heavy atom. The minimum atomic E-state index is -4.79. The molecule has 0 fully saturated rings. The van der Waals surface area contributed by atoms with E-state index in [9.17, 15) is 13.2 Å². The van der Waals surface area contributed by atoms with Crippen LogP contribution in [0.15, 0.2) is 36.5 Å². The summed E-state index contributed by atoms with van der Waals surface area (Å²) in [5, 5.41) is 0.522. The fourth-order valence-electron chi connectivity index (χ4n) is 1.48. The number of nitrogens with zero attached hydrogens (tertiary/aromatic N) is 1. The van der Waals surface area contributed by atoms with Crippen molar-refractivity contribution in [2.75, 3.05) is 0 Å². The molecular formula is C13H8Cl2F3NO2. The topological polar surface area (TPSA) is 31.4 Å². The summed E-state index contributed by atoms with van der Waals surface area (Å²) in [6.07, 6.45) is -3.41. The summed E-state index contributed by atoms with van der Waals surface area (Å²) in [6.45, 7) is -0.0682. The summed E-state index contributed by atoms with van der Waals surface area (Å²) in [4.78, 5) is 3.82. The lowest BCUT2D eigenvalue weighted by molar-refractivity contribution is -0.275. The van der Waals surface area contributed by atoms with Gasteiger partial charge in [-0.05, 0) is 18.2 Å². The van der Waals surface area contributed by atoms with E-state index in [1.54, 1.807) is 0 Å². The van der Waals surface area contributed by atoms with Crippen molar-refractivity contribution in [1.82, 2.24) is 4.98 Å². The average molecular weight is 338 g/mol. The minimum Gasteiger partial charge on any atom is -0.485 e. The highest BCUT2D eigenvalue weighted by Gasteiger charge is 2.32. The van der Waals surface area contributed by atoms with Crippen molar-refractivity contribution >= 4 is 23.2 Å². The van der Waals surface area contributed by atoms with Crippen LogP contribution in [0.25, 0.3) is 0 Å². The van der Waals surface area contributed by atoms with E-state index in [0.29, 0.717) is 10.6 Å². The highest BCUT2D eigenvalue weighted by Crippen LogP contribution is 2.32. The predicted octanol–water partition coefficient (Wildman–Crippen LogP) is 4.87. The molecule has 112 valence electrons. The van der Waals surface area contributed by atoms with Gasteiger partial charge in [0, 0.05) is 11.8 Å². The number of para-hydroxylation sites is 2. The Balaban J connectivity index is 2.13. The van der Waals surface area contributed by atoms with Gasteiger partial charge in [0.2, 0.25) is 0 Å². The second-order valence-electron chi connectivity index (χ2n) is 3.88. The Bertz CT molecular complexity index is 635. The van der Waals surface area contributed by atoms with Gasteiger partial charge in [-0.2, -0.15) is 0 Å². The van der Waals surface area contributed by atoms with Crippen LogP contribution in [0.5, 0.6) is 11.5 Å². The van der Waals surface area contributed by atoms with Crippen LogP contribution in [0.1, 0.15) is 5.56 Å². The van der Waals surface area contributed by atoms with Crippen LogP contribution in [0.4, 0.5) is 13.2 Å². The molecule has 1 aromatic carbocycles. The lowest BCUT2D eigenvalue weighted by atomic mass is 10.3. The van der Waals surface area contributed by atoms with Crippen molar-refractivity contribution in [1.29, 1.82) is 0 Å². The van der Waals surface area contributed by atoms with E-state index in [0.717, 1.165) is 6.07 Å². The maximum atomic E-state index is 12.3. The minimum absolute atomic E-state index is 0.0548. The number of hydrogen-bond acceptors (Lipinski definition) is 3. The lowest BCUT2D eigenvalue weighted by Gasteiger charge is -2.14. The zero-order chi connectivity index (χ0) is 15.5. The Morgan fingerprint density at radius 3 is 2.38 bits per heavy atom. The fourth-order valence-corrected chi connectivity index (χ4v) is 1.90. The average Bonchev–Trinajstić information content (AvgIpc) is 2.37. The fraction of sp³-hybridized carbons (Fsp3) is 0.154. The molecule has 0 atom stereocenters. The number of ether oxygens (including phenoxy) is 2. The molecule has 0 bridgehead atoms. The molecule has 8 heteroatoms. The zero-order valence-corrected chi connectivity index (χ0v) is 11.8. The molecule has 0 saturated heterocycles. The molecule has 1 aromatic heterocycles. The third-order valence-electron chi connectivity index (χ3n) is 2.35. The normalized spacial score (nSPS) is 11.3. The number of aromatic nitrogens is 1. The second kappa shape index (κ2) is 6.41. The van der Waals surface area contributed by atoms with Crippen LogP contribution >= 0.6 is 23.2 Å². The smallest absolute Gasteiger partial charge is 0.485 e. The van der Waals surface area contributed by atoms with E-state index in [1.807, 2.05) is 0 Å². The summed E-state index contributed by atoms with van der Waals surface area (Å²) < 4.78 is 46.0. The predicted molar refractivity (Wildman–Crippen MR) is 71.7 cm³/mol. The summed E-state index contributed by atoms with van der Waals surface area (Å²) in [7, 11) is 0. The molecule has 0 aliphatic carbocycles. The van der Waals surface area contributed by atoms with Crippen LogP contribution in [0.2, 0.25) is 10.2 Å². The zero-order valence-electron chi connectivity index (χ0n) is 10.3. The largest absolute Gasteiger partial charge is 0.573 e. The van der Waals surface area contributed by atoms with Crippen molar-refractivity contribution in [3.05, 3.63) is 52.3 Å². The van der Waals surface area contributed by atoms with Crippen LogP contribution < -0.4 is 9.47 Å². The molecule has 21 heavy (non-hydrogen) atoms. The van der Waals surface area contributed by atoms with E-state index >= 15 is 0 Å².